The van der Waals surface area contributed by atoms with Crippen LogP contribution in [0.25, 0.3) is 0 Å². The Morgan fingerprint density at radius 1 is 0.579 bits per heavy atom. The van der Waals surface area contributed by atoms with Crippen LogP contribution in [0.1, 0.15) is 54.4 Å². The van der Waals surface area contributed by atoms with E-state index < -0.39 is 40.6 Å². The Morgan fingerprint density at radius 2 is 0.895 bits per heavy atom. The normalized spacial score (nSPS) is 35.4. The molecule has 3 heterocycles. The molecule has 6 heteroatoms. The lowest BCUT2D eigenvalue weighted by Gasteiger charge is -2.79. The van der Waals surface area contributed by atoms with Gasteiger partial charge in [0, 0.05) is 10.6 Å². The van der Waals surface area contributed by atoms with Crippen LogP contribution in [0.15, 0.2) is 82.0 Å². The topological polar surface area (TPSA) is 0 Å². The molecule has 0 spiro atoms. The second kappa shape index (κ2) is 9.44. The van der Waals surface area contributed by atoms with Crippen molar-refractivity contribution in [2.45, 2.75) is 93.2 Å². The molecule has 2 aromatic rings. The number of rotatable bonds is 6. The zero-order valence-corrected chi connectivity index (χ0v) is 29.9. The Labute approximate surface area is 237 Å². The number of hydrogen-bond acceptors (Lipinski definition) is 0. The minimum Gasteiger partial charge on any atom is -0.189 e. The van der Waals surface area contributed by atoms with E-state index in [2.05, 4.69) is 128 Å². The van der Waals surface area contributed by atoms with Crippen molar-refractivity contribution in [2.75, 3.05) is 12.1 Å². The van der Waals surface area contributed by atoms with Crippen LogP contribution in [0.5, 0.6) is 0 Å². The van der Waals surface area contributed by atoms with Crippen LogP contribution in [-0.2, 0) is 0 Å². The fourth-order valence-electron chi connectivity index (χ4n) is 11.7. The van der Waals surface area contributed by atoms with E-state index in [0.717, 1.165) is 0 Å². The summed E-state index contributed by atoms with van der Waals surface area (Å²) in [6, 6.07) is 27.7. The molecule has 3 aliphatic rings. The van der Waals surface area contributed by atoms with Crippen molar-refractivity contribution in [3.8, 4) is 0 Å². The quantitative estimate of drug-likeness (QED) is 0.237. The van der Waals surface area contributed by atoms with E-state index in [1.54, 1.807) is 12.1 Å². The van der Waals surface area contributed by atoms with Gasteiger partial charge in [-0.15, -0.1) is 12.6 Å². The van der Waals surface area contributed by atoms with Crippen molar-refractivity contribution in [3.63, 3.8) is 0 Å². The van der Waals surface area contributed by atoms with Gasteiger partial charge in [0.05, 0.1) is 0 Å². The van der Waals surface area contributed by atoms with Gasteiger partial charge in [-0.1, -0.05) is 99.5 Å². The molecule has 38 heavy (non-hydrogen) atoms. The molecule has 0 radical (unpaired) electrons. The van der Waals surface area contributed by atoms with E-state index in [4.69, 9.17) is 0 Å². The highest BCUT2D eigenvalue weighted by atomic mass is 31.4. The van der Waals surface area contributed by atoms with E-state index in [1.807, 2.05) is 31.9 Å². The van der Waals surface area contributed by atoms with Crippen molar-refractivity contribution < 1.29 is 0 Å². The average molecular weight is 577 g/mol. The molecule has 1 saturated heterocycles. The standard InChI is InChI=1S/C32H52B2P2Si2/c1-11-31-27(5)37(7,8)36(30-23-19-16-20-24-30)25-33(31,13-3)35(29-21-17-15-18-22-29)26-34(36,14-4)32(12-2)28(6)38(35,9)10/h15-24H,11-14,25-26H2,1-10H3. The van der Waals surface area contributed by atoms with E-state index in [-0.39, 0.29) is 0 Å². The van der Waals surface area contributed by atoms with Gasteiger partial charge in [-0.05, 0) is 64.3 Å². The minimum atomic E-state index is -1.76. The van der Waals surface area contributed by atoms with Crippen LogP contribution in [-0.4, -0.2) is 39.3 Å². The highest BCUT2D eigenvalue weighted by Gasteiger charge is 2.80. The fourth-order valence-corrected chi connectivity index (χ4v) is 59.5. The highest BCUT2D eigenvalue weighted by molar-refractivity contribution is 8.47. The van der Waals surface area contributed by atoms with Gasteiger partial charge in [0.15, 0.2) is 0 Å². The smallest absolute Gasteiger partial charge is 0.189 e. The van der Waals surface area contributed by atoms with Gasteiger partial charge in [0.2, 0.25) is 27.2 Å². The van der Waals surface area contributed by atoms with Crippen molar-refractivity contribution in [3.05, 3.63) is 82.0 Å². The van der Waals surface area contributed by atoms with E-state index >= 15 is 0 Å². The minimum absolute atomic E-state index is 0.615. The van der Waals surface area contributed by atoms with Gasteiger partial charge in [-0.3, -0.25) is 0 Å². The molecule has 4 atom stereocenters. The summed E-state index contributed by atoms with van der Waals surface area (Å²) in [4.78, 5) is 0. The molecule has 0 N–H and O–H groups in total. The van der Waals surface area contributed by atoms with E-state index in [0.29, 0.717) is 0 Å². The number of hydrogen-bond donors (Lipinski definition) is 0. The molecule has 4 bridgehead atoms. The summed E-state index contributed by atoms with van der Waals surface area (Å²) in [7, 11) is -3.52. The van der Waals surface area contributed by atoms with Crippen LogP contribution >= 0.6 is 13.4 Å². The first-order valence-electron chi connectivity index (χ1n) is 15.6. The molecule has 2 aromatic carbocycles. The molecule has 204 valence electrons. The second-order valence-electron chi connectivity index (χ2n) is 14.1. The average Bonchev–Trinajstić information content (AvgIpc) is 2.93. The molecule has 4 unspecified atom stereocenters. The Balaban J connectivity index is 2.10. The van der Waals surface area contributed by atoms with Gasteiger partial charge >= 0.3 is 0 Å². The predicted molar refractivity (Wildman–Crippen MR) is 189 cm³/mol. The van der Waals surface area contributed by atoms with Gasteiger partial charge in [-0.25, -0.2) is 0 Å². The summed E-state index contributed by atoms with van der Waals surface area (Å²) in [5.74, 6) is -1.23. The van der Waals surface area contributed by atoms with Crippen LogP contribution in [0.2, 0.25) is 38.8 Å². The number of fused-ring (bicyclic) bond motifs is 6. The summed E-state index contributed by atoms with van der Waals surface area (Å²) in [6.45, 7) is 24.1. The first-order chi connectivity index (χ1) is 18.0. The molecule has 0 aliphatic carbocycles. The maximum absolute atomic E-state index is 2.85. The Hall–Kier alpha value is -0.656. The molecule has 0 saturated carbocycles. The first-order valence-corrected chi connectivity index (χ1v) is 27.4. The van der Waals surface area contributed by atoms with Crippen molar-refractivity contribution in [1.29, 1.82) is 0 Å². The lowest BCUT2D eigenvalue weighted by molar-refractivity contribution is 1.12. The monoisotopic (exact) mass is 576 g/mol. The maximum Gasteiger partial charge on any atom is 0.209 e. The summed E-state index contributed by atoms with van der Waals surface area (Å²) >= 11 is 0. The van der Waals surface area contributed by atoms with Crippen molar-refractivity contribution in [1.82, 2.24) is 0 Å². The predicted octanol–water partition coefficient (Wildman–Crippen LogP) is 9.74. The molecular formula is C32H52B2P2Si2. The van der Waals surface area contributed by atoms with Crippen LogP contribution in [0.4, 0.5) is 0 Å². The maximum atomic E-state index is 2.85. The van der Waals surface area contributed by atoms with Gasteiger partial charge < -0.3 is 0 Å². The van der Waals surface area contributed by atoms with Crippen LogP contribution in [0.3, 0.4) is 0 Å². The largest absolute Gasteiger partial charge is 0.209 e. The SMILES string of the molecule is CCC1=C(C)[Si](C)(C)[P+]2(c3ccccc3)C[B-]1(CC)[P+]1(c3ccccc3)C[B-]2(CC)C(CC)=C(C)[Si]1(C)C. The van der Waals surface area contributed by atoms with E-state index in [1.165, 1.54) is 25.5 Å². The molecule has 5 rings (SSSR count). The Bertz CT molecular complexity index is 1200. The lowest BCUT2D eigenvalue weighted by Crippen LogP contribution is -2.76. The summed E-state index contributed by atoms with van der Waals surface area (Å²) in [5.41, 5.74) is 4.00. The third kappa shape index (κ3) is 3.03. The molecule has 3 aliphatic heterocycles. The van der Waals surface area contributed by atoms with Crippen LogP contribution in [0, 0.1) is 0 Å². The number of benzene rings is 2. The number of allylic oxidation sites excluding steroid dienone is 4. The fraction of sp³-hybridized carbons (Fsp3) is 0.500. The van der Waals surface area contributed by atoms with Gasteiger partial charge in [0.25, 0.3) is 0 Å². The zero-order valence-electron chi connectivity index (χ0n) is 26.1. The highest BCUT2D eigenvalue weighted by Crippen LogP contribution is 2.94. The molecule has 0 nitrogen and oxygen atoms in total. The van der Waals surface area contributed by atoms with Crippen molar-refractivity contribution >= 4 is 51.2 Å². The molecule has 0 aromatic heterocycles. The third-order valence-electron chi connectivity index (χ3n) is 13.5. The Morgan fingerprint density at radius 3 is 1.16 bits per heavy atom. The molecule has 0 amide bonds. The van der Waals surface area contributed by atoms with Crippen molar-refractivity contribution in [2.24, 2.45) is 0 Å². The third-order valence-corrected chi connectivity index (χ3v) is 51.9. The molecule has 1 fully saturated rings. The summed E-state index contributed by atoms with van der Waals surface area (Å²) < 4.78 is 0. The Kier molecular flexibility index (Phi) is 7.17. The first kappa shape index (κ1) is 28.9. The lowest BCUT2D eigenvalue weighted by atomic mass is 9.38. The second-order valence-corrected chi connectivity index (χ2v) is 40.5. The van der Waals surface area contributed by atoms with Gasteiger partial charge in [0.1, 0.15) is 0 Å². The molecular weight excluding hydrogens is 524 g/mol. The zero-order chi connectivity index (χ0) is 27.8. The summed E-state index contributed by atoms with van der Waals surface area (Å²) in [5, 5.41) is 7.53. The van der Waals surface area contributed by atoms with Gasteiger partial charge in [-0.2, -0.15) is 24.3 Å². The van der Waals surface area contributed by atoms with Crippen LogP contribution < -0.4 is 10.6 Å². The van der Waals surface area contributed by atoms with E-state index in [9.17, 15) is 0 Å². The summed E-state index contributed by atoms with van der Waals surface area (Å²) in [6.07, 6.45) is 5.34.